The summed E-state index contributed by atoms with van der Waals surface area (Å²) in [6.45, 7) is 7.69. The van der Waals surface area contributed by atoms with Crippen LogP contribution in [0, 0.1) is 6.92 Å². The van der Waals surface area contributed by atoms with Gasteiger partial charge in [0.15, 0.2) is 0 Å². The zero-order chi connectivity index (χ0) is 14.9. The van der Waals surface area contributed by atoms with Crippen LogP contribution in [0.5, 0.6) is 0 Å². The van der Waals surface area contributed by atoms with E-state index in [9.17, 15) is 4.79 Å². The van der Waals surface area contributed by atoms with Crippen LogP contribution in [-0.2, 0) is 10.2 Å². The maximum atomic E-state index is 11.9. The lowest BCUT2D eigenvalue weighted by Crippen LogP contribution is -2.26. The van der Waals surface area contributed by atoms with Crippen molar-refractivity contribution < 1.29 is 4.79 Å². The molecule has 20 heavy (non-hydrogen) atoms. The molecule has 2 aromatic rings. The second kappa shape index (κ2) is 5.53. The molecule has 0 saturated heterocycles. The number of Topliss-reactive ketones (excluding diaryl/α,β-unsaturated/α-hetero) is 1. The van der Waals surface area contributed by atoms with Gasteiger partial charge in [0.05, 0.1) is 0 Å². The fourth-order valence-electron chi connectivity index (χ4n) is 2.16. The quantitative estimate of drug-likeness (QED) is 0.747. The van der Waals surface area contributed by atoms with Crippen molar-refractivity contribution in [1.82, 2.24) is 0 Å². The van der Waals surface area contributed by atoms with Gasteiger partial charge >= 0.3 is 0 Å². The van der Waals surface area contributed by atoms with Crippen LogP contribution in [0.15, 0.2) is 46.9 Å². The highest BCUT2D eigenvalue weighted by molar-refractivity contribution is 9.10. The van der Waals surface area contributed by atoms with Crippen molar-refractivity contribution in [2.45, 2.75) is 33.1 Å². The molecule has 0 amide bonds. The topological polar surface area (TPSA) is 17.1 Å². The van der Waals surface area contributed by atoms with Gasteiger partial charge in [-0.25, -0.2) is 0 Å². The molecule has 1 nitrogen and oxygen atoms in total. The molecule has 0 fully saturated rings. The van der Waals surface area contributed by atoms with E-state index in [2.05, 4.69) is 53.2 Å². The summed E-state index contributed by atoms with van der Waals surface area (Å²) in [5.41, 5.74) is 4.12. The van der Waals surface area contributed by atoms with E-state index >= 15 is 0 Å². The van der Waals surface area contributed by atoms with E-state index in [1.54, 1.807) is 6.92 Å². The van der Waals surface area contributed by atoms with Gasteiger partial charge in [0, 0.05) is 9.89 Å². The molecule has 0 aliphatic carbocycles. The number of carbonyl (C=O) groups is 1. The van der Waals surface area contributed by atoms with Crippen molar-refractivity contribution >= 4 is 21.7 Å². The molecule has 0 radical (unpaired) electrons. The van der Waals surface area contributed by atoms with Crippen LogP contribution in [0.4, 0.5) is 0 Å². The van der Waals surface area contributed by atoms with Crippen LogP contribution < -0.4 is 0 Å². The fourth-order valence-corrected chi connectivity index (χ4v) is 2.42. The van der Waals surface area contributed by atoms with Crippen LogP contribution >= 0.6 is 15.9 Å². The Kier molecular flexibility index (Phi) is 4.14. The van der Waals surface area contributed by atoms with E-state index in [-0.39, 0.29) is 5.78 Å². The van der Waals surface area contributed by atoms with Crippen molar-refractivity contribution in [2.24, 2.45) is 0 Å². The predicted molar refractivity (Wildman–Crippen MR) is 88.0 cm³/mol. The Morgan fingerprint density at radius 3 is 2.15 bits per heavy atom. The molecule has 0 heterocycles. The van der Waals surface area contributed by atoms with Crippen molar-refractivity contribution in [3.05, 3.63) is 58.1 Å². The highest BCUT2D eigenvalue weighted by Crippen LogP contribution is 2.30. The van der Waals surface area contributed by atoms with E-state index < -0.39 is 5.41 Å². The van der Waals surface area contributed by atoms with Gasteiger partial charge in [-0.05, 0) is 56.5 Å². The molecule has 0 unspecified atom stereocenters. The van der Waals surface area contributed by atoms with Crippen molar-refractivity contribution in [3.8, 4) is 11.1 Å². The third kappa shape index (κ3) is 3.01. The van der Waals surface area contributed by atoms with Crippen molar-refractivity contribution in [1.29, 1.82) is 0 Å². The molecule has 0 N–H and O–H groups in total. The molecule has 0 atom stereocenters. The number of aryl methyl sites for hydroxylation is 1. The minimum Gasteiger partial charge on any atom is -0.299 e. The lowest BCUT2D eigenvalue weighted by Gasteiger charge is -2.23. The standard InChI is InChI=1S/C18H19BrO/c1-12-9-15(14-5-7-17(19)8-6-14)11-16(10-12)18(3,4)13(2)20/h5-11H,1-4H3. The van der Waals surface area contributed by atoms with Gasteiger partial charge in [0.2, 0.25) is 0 Å². The number of rotatable bonds is 3. The zero-order valence-electron chi connectivity index (χ0n) is 12.3. The summed E-state index contributed by atoms with van der Waals surface area (Å²) in [5, 5.41) is 0. The number of halogens is 1. The second-order valence-corrected chi connectivity index (χ2v) is 6.69. The zero-order valence-corrected chi connectivity index (χ0v) is 13.9. The van der Waals surface area contributed by atoms with E-state index in [0.717, 1.165) is 21.2 Å². The first-order chi connectivity index (χ1) is 9.30. The summed E-state index contributed by atoms with van der Waals surface area (Å²) in [4.78, 5) is 11.9. The first kappa shape index (κ1) is 15.0. The first-order valence-corrected chi connectivity index (χ1v) is 7.49. The smallest absolute Gasteiger partial charge is 0.139 e. The van der Waals surface area contributed by atoms with E-state index in [0.29, 0.717) is 0 Å². The summed E-state index contributed by atoms with van der Waals surface area (Å²) in [5.74, 6) is 0.185. The van der Waals surface area contributed by atoms with Gasteiger partial charge in [-0.3, -0.25) is 4.79 Å². The Morgan fingerprint density at radius 2 is 1.60 bits per heavy atom. The van der Waals surface area contributed by atoms with Crippen LogP contribution in [0.3, 0.4) is 0 Å². The van der Waals surface area contributed by atoms with Gasteiger partial charge < -0.3 is 0 Å². The van der Waals surface area contributed by atoms with Gasteiger partial charge in [-0.1, -0.05) is 51.8 Å². The van der Waals surface area contributed by atoms with E-state index in [1.165, 1.54) is 5.56 Å². The van der Waals surface area contributed by atoms with Crippen LogP contribution in [0.1, 0.15) is 31.9 Å². The fraction of sp³-hybridized carbons (Fsp3) is 0.278. The van der Waals surface area contributed by atoms with Crippen LogP contribution in [0.25, 0.3) is 11.1 Å². The summed E-state index contributed by atoms with van der Waals surface area (Å²) in [6.07, 6.45) is 0. The van der Waals surface area contributed by atoms with Gasteiger partial charge in [0.1, 0.15) is 5.78 Å². The van der Waals surface area contributed by atoms with E-state index in [1.807, 2.05) is 26.0 Å². The molecule has 0 aliphatic rings. The van der Waals surface area contributed by atoms with Gasteiger partial charge in [0.25, 0.3) is 0 Å². The van der Waals surface area contributed by atoms with Gasteiger partial charge in [-0.2, -0.15) is 0 Å². The maximum absolute atomic E-state index is 11.9. The molecule has 104 valence electrons. The van der Waals surface area contributed by atoms with Crippen molar-refractivity contribution in [3.63, 3.8) is 0 Å². The summed E-state index contributed by atoms with van der Waals surface area (Å²) in [7, 11) is 0. The SMILES string of the molecule is CC(=O)C(C)(C)c1cc(C)cc(-c2ccc(Br)cc2)c1. The normalized spacial score (nSPS) is 11.4. The number of benzene rings is 2. The van der Waals surface area contributed by atoms with Crippen LogP contribution in [-0.4, -0.2) is 5.78 Å². The predicted octanol–water partition coefficient (Wildman–Crippen LogP) is 5.29. The van der Waals surface area contributed by atoms with Crippen LogP contribution in [0.2, 0.25) is 0 Å². The molecule has 2 heteroatoms. The average Bonchev–Trinajstić information content (AvgIpc) is 2.38. The maximum Gasteiger partial charge on any atom is 0.139 e. The molecule has 0 saturated carbocycles. The largest absolute Gasteiger partial charge is 0.299 e. The number of ketones is 1. The van der Waals surface area contributed by atoms with Gasteiger partial charge in [-0.15, -0.1) is 0 Å². The Bertz CT molecular complexity index is 639. The monoisotopic (exact) mass is 330 g/mol. The summed E-state index contributed by atoms with van der Waals surface area (Å²) in [6, 6.07) is 14.6. The van der Waals surface area contributed by atoms with Crippen molar-refractivity contribution in [2.75, 3.05) is 0 Å². The third-order valence-electron chi connectivity index (χ3n) is 3.86. The lowest BCUT2D eigenvalue weighted by atomic mass is 9.79. The molecule has 2 aromatic carbocycles. The highest BCUT2D eigenvalue weighted by Gasteiger charge is 2.26. The minimum absolute atomic E-state index is 0.185. The second-order valence-electron chi connectivity index (χ2n) is 5.78. The minimum atomic E-state index is -0.448. The number of carbonyl (C=O) groups excluding carboxylic acids is 1. The molecule has 0 aliphatic heterocycles. The molecular weight excluding hydrogens is 312 g/mol. The summed E-state index contributed by atoms with van der Waals surface area (Å²) < 4.78 is 1.07. The Balaban J connectivity index is 2.54. The Labute approximate surface area is 129 Å². The molecule has 0 aromatic heterocycles. The lowest BCUT2D eigenvalue weighted by molar-refractivity contribution is -0.121. The third-order valence-corrected chi connectivity index (χ3v) is 4.39. The average molecular weight is 331 g/mol. The molecule has 2 rings (SSSR count). The Morgan fingerprint density at radius 1 is 1.00 bits per heavy atom. The Hall–Kier alpha value is -1.41. The molecular formula is C18H19BrO. The first-order valence-electron chi connectivity index (χ1n) is 6.70. The number of hydrogen-bond donors (Lipinski definition) is 0. The number of hydrogen-bond acceptors (Lipinski definition) is 1. The molecule has 0 bridgehead atoms. The highest BCUT2D eigenvalue weighted by atomic mass is 79.9. The molecule has 0 spiro atoms. The van der Waals surface area contributed by atoms with E-state index in [4.69, 9.17) is 0 Å². The summed E-state index contributed by atoms with van der Waals surface area (Å²) >= 11 is 3.45.